The van der Waals surface area contributed by atoms with Crippen LogP contribution in [0.5, 0.6) is 0 Å². The number of hydrogen-bond donors (Lipinski definition) is 3. The van der Waals surface area contributed by atoms with Gasteiger partial charge in [-0.2, -0.15) is 0 Å². The van der Waals surface area contributed by atoms with Crippen molar-refractivity contribution < 1.29 is 19.2 Å². The second-order valence-electron chi connectivity index (χ2n) is 1.87. The first-order chi connectivity index (χ1) is 5.11. The third-order valence-corrected chi connectivity index (χ3v) is 1.07. The highest BCUT2D eigenvalue weighted by Crippen LogP contribution is 1.91. The summed E-state index contributed by atoms with van der Waals surface area (Å²) in [7, 11) is 1.30. The smallest absolute Gasteiger partial charge is 0.305 e. The van der Waals surface area contributed by atoms with Crippen molar-refractivity contribution in [2.24, 2.45) is 0 Å². The average molecular weight is 164 g/mol. The van der Waals surface area contributed by atoms with Crippen LogP contribution in [0.4, 0.5) is 4.48 Å². The van der Waals surface area contributed by atoms with E-state index in [4.69, 9.17) is 5.11 Å². The fourth-order valence-corrected chi connectivity index (χ4v) is 0.530. The summed E-state index contributed by atoms with van der Waals surface area (Å²) in [5, 5.41) is 10.3. The van der Waals surface area contributed by atoms with Crippen LogP contribution < -0.4 is 10.9 Å². The van der Waals surface area contributed by atoms with Gasteiger partial charge in [0.15, 0.2) is 0 Å². The van der Waals surface area contributed by atoms with E-state index < -0.39 is 24.3 Å². The predicted octanol–water partition coefficient (Wildman–Crippen LogP) is -0.950. The Balaban J connectivity index is 3.94. The number of halogens is 1. The lowest BCUT2D eigenvalue weighted by Crippen LogP contribution is -2.40. The highest BCUT2D eigenvalue weighted by atomic mass is 19.2. The molecule has 0 radical (unpaired) electrons. The van der Waals surface area contributed by atoms with Crippen molar-refractivity contribution in [3.05, 3.63) is 0 Å². The molecule has 64 valence electrons. The van der Waals surface area contributed by atoms with Crippen molar-refractivity contribution in [3.63, 3.8) is 0 Å². The summed E-state index contributed by atoms with van der Waals surface area (Å²) in [4.78, 5) is 20.6. The maximum absolute atomic E-state index is 11.7. The summed E-state index contributed by atoms with van der Waals surface area (Å²) in [5.74, 6) is -1.92. The molecule has 1 atom stereocenters. The number of amides is 1. The van der Waals surface area contributed by atoms with Gasteiger partial charge in [-0.3, -0.25) is 9.59 Å². The number of hydrogen-bond acceptors (Lipinski definition) is 3. The first-order valence-corrected chi connectivity index (χ1v) is 2.91. The minimum atomic E-state index is -1.31. The molecule has 0 rings (SSSR count). The Morgan fingerprint density at radius 1 is 1.64 bits per heavy atom. The van der Waals surface area contributed by atoms with Gasteiger partial charge in [0.1, 0.15) is 6.04 Å². The Kier molecular flexibility index (Phi) is 4.12. The SMILES string of the molecule is CNC(=O)C(CC(=O)O)NF. The summed E-state index contributed by atoms with van der Waals surface area (Å²) >= 11 is 0. The van der Waals surface area contributed by atoms with Crippen molar-refractivity contribution >= 4 is 11.9 Å². The molecule has 1 unspecified atom stereocenters. The van der Waals surface area contributed by atoms with Crippen molar-refractivity contribution in [1.29, 1.82) is 0 Å². The normalized spacial score (nSPS) is 12.2. The van der Waals surface area contributed by atoms with E-state index in [2.05, 4.69) is 5.32 Å². The van der Waals surface area contributed by atoms with E-state index in [0.717, 1.165) is 5.54 Å². The number of likely N-dealkylation sites (N-methyl/N-ethyl adjacent to an activating group) is 1. The standard InChI is InChI=1S/C5H9FN2O3/c1-7-5(11)3(8-6)2-4(9)10/h3,8H,2H2,1H3,(H,7,11)(H,9,10). The maximum Gasteiger partial charge on any atom is 0.305 e. The number of carbonyl (C=O) groups excluding carboxylic acids is 1. The Morgan fingerprint density at radius 2 is 2.18 bits per heavy atom. The van der Waals surface area contributed by atoms with Crippen LogP contribution >= 0.6 is 0 Å². The molecule has 0 spiro atoms. The molecule has 0 aromatic carbocycles. The first-order valence-electron chi connectivity index (χ1n) is 2.91. The second kappa shape index (κ2) is 4.62. The summed E-state index contributed by atoms with van der Waals surface area (Å²) in [6, 6.07) is -1.31. The molecule has 11 heavy (non-hydrogen) atoms. The average Bonchev–Trinajstić information content (AvgIpc) is 1.98. The van der Waals surface area contributed by atoms with Crippen molar-refractivity contribution in [2.75, 3.05) is 7.05 Å². The van der Waals surface area contributed by atoms with Gasteiger partial charge in [-0.05, 0) is 0 Å². The molecule has 0 aromatic rings. The quantitative estimate of drug-likeness (QED) is 0.468. The van der Waals surface area contributed by atoms with Crippen molar-refractivity contribution in [1.82, 2.24) is 10.9 Å². The van der Waals surface area contributed by atoms with Gasteiger partial charge in [-0.1, -0.05) is 0 Å². The zero-order valence-corrected chi connectivity index (χ0v) is 5.93. The molecule has 0 saturated carbocycles. The molecule has 0 heterocycles. The third kappa shape index (κ3) is 3.51. The Hall–Kier alpha value is -1.17. The number of carboxylic acid groups (broad SMARTS) is 1. The van der Waals surface area contributed by atoms with Gasteiger partial charge < -0.3 is 10.4 Å². The van der Waals surface area contributed by atoms with Crippen molar-refractivity contribution in [3.8, 4) is 0 Å². The van der Waals surface area contributed by atoms with Crippen LogP contribution in [-0.2, 0) is 9.59 Å². The molecule has 5 nitrogen and oxygen atoms in total. The van der Waals surface area contributed by atoms with E-state index in [-0.39, 0.29) is 0 Å². The number of carbonyl (C=O) groups is 2. The summed E-state index contributed by atoms with van der Waals surface area (Å²) < 4.78 is 11.7. The van der Waals surface area contributed by atoms with Gasteiger partial charge >= 0.3 is 5.97 Å². The topological polar surface area (TPSA) is 78.4 Å². The van der Waals surface area contributed by atoms with Crippen molar-refractivity contribution in [2.45, 2.75) is 12.5 Å². The Labute approximate surface area is 62.5 Å². The molecule has 0 aliphatic heterocycles. The van der Waals surface area contributed by atoms with E-state index in [1.54, 1.807) is 0 Å². The number of rotatable bonds is 4. The largest absolute Gasteiger partial charge is 0.481 e. The van der Waals surface area contributed by atoms with E-state index >= 15 is 0 Å². The Bertz CT molecular complexity index is 162. The van der Waals surface area contributed by atoms with Gasteiger partial charge in [0, 0.05) is 7.05 Å². The predicted molar refractivity (Wildman–Crippen MR) is 34.4 cm³/mol. The van der Waals surface area contributed by atoms with Crippen LogP contribution in [0.1, 0.15) is 6.42 Å². The van der Waals surface area contributed by atoms with Crippen LogP contribution in [0.2, 0.25) is 0 Å². The van der Waals surface area contributed by atoms with Crippen LogP contribution in [-0.4, -0.2) is 30.1 Å². The fraction of sp³-hybridized carbons (Fsp3) is 0.600. The molecule has 3 N–H and O–H groups in total. The molecule has 1 amide bonds. The van der Waals surface area contributed by atoms with E-state index in [1.807, 2.05) is 0 Å². The van der Waals surface area contributed by atoms with Crippen LogP contribution in [0.3, 0.4) is 0 Å². The maximum atomic E-state index is 11.7. The summed E-state index contributed by atoms with van der Waals surface area (Å²) in [5.41, 5.74) is 1.09. The number of aliphatic carboxylic acids is 1. The first kappa shape index (κ1) is 9.83. The van der Waals surface area contributed by atoms with Gasteiger partial charge in [0.25, 0.3) is 0 Å². The molecular formula is C5H9FN2O3. The van der Waals surface area contributed by atoms with Crippen LogP contribution in [0.25, 0.3) is 0 Å². The third-order valence-electron chi connectivity index (χ3n) is 1.07. The highest BCUT2D eigenvalue weighted by molar-refractivity contribution is 5.85. The van der Waals surface area contributed by atoms with Crippen LogP contribution in [0.15, 0.2) is 0 Å². The molecule has 6 heteroatoms. The molecular weight excluding hydrogens is 155 g/mol. The Morgan fingerprint density at radius 3 is 2.45 bits per heavy atom. The monoisotopic (exact) mass is 164 g/mol. The fourth-order valence-electron chi connectivity index (χ4n) is 0.530. The van der Waals surface area contributed by atoms with Gasteiger partial charge in [0.05, 0.1) is 6.42 Å². The number of nitrogens with one attached hydrogen (secondary N) is 2. The molecule has 0 saturated heterocycles. The number of carboxylic acids is 1. The second-order valence-corrected chi connectivity index (χ2v) is 1.87. The zero-order chi connectivity index (χ0) is 8.85. The summed E-state index contributed by atoms with van der Waals surface area (Å²) in [6.45, 7) is 0. The summed E-state index contributed by atoms with van der Waals surface area (Å²) in [6.07, 6.45) is -0.573. The minimum Gasteiger partial charge on any atom is -0.481 e. The molecule has 0 bridgehead atoms. The zero-order valence-electron chi connectivity index (χ0n) is 5.93. The molecule has 0 aromatic heterocycles. The molecule has 0 aliphatic rings. The van der Waals surface area contributed by atoms with Crippen LogP contribution in [0, 0.1) is 0 Å². The van der Waals surface area contributed by atoms with E-state index in [1.165, 1.54) is 7.05 Å². The highest BCUT2D eigenvalue weighted by Gasteiger charge is 2.19. The van der Waals surface area contributed by atoms with Gasteiger partial charge in [-0.25, -0.2) is 0 Å². The molecule has 0 fully saturated rings. The lowest BCUT2D eigenvalue weighted by molar-refractivity contribution is -0.140. The van der Waals surface area contributed by atoms with E-state index in [9.17, 15) is 14.1 Å². The van der Waals surface area contributed by atoms with Gasteiger partial charge in [-0.15, -0.1) is 10.0 Å². The molecule has 0 aliphatic carbocycles. The van der Waals surface area contributed by atoms with E-state index in [0.29, 0.717) is 0 Å². The lowest BCUT2D eigenvalue weighted by atomic mass is 10.2. The minimum absolute atomic E-state index is 0.573. The lowest BCUT2D eigenvalue weighted by Gasteiger charge is -2.07. The van der Waals surface area contributed by atoms with Gasteiger partial charge in [0.2, 0.25) is 5.91 Å².